The van der Waals surface area contributed by atoms with Crippen molar-refractivity contribution < 1.29 is 13.9 Å². The second-order valence-electron chi connectivity index (χ2n) is 4.47. The number of ether oxygens (including phenoxy) is 1. The van der Waals surface area contributed by atoms with Gasteiger partial charge < -0.3 is 4.74 Å². The van der Waals surface area contributed by atoms with Crippen molar-refractivity contribution in [2.45, 2.75) is 26.3 Å². The van der Waals surface area contributed by atoms with Crippen LogP contribution in [-0.2, 0) is 17.2 Å². The molecule has 1 heterocycles. The first-order chi connectivity index (χ1) is 10.1. The van der Waals surface area contributed by atoms with Crippen LogP contribution in [0.5, 0.6) is 0 Å². The number of carbonyl (C=O) groups is 1. The summed E-state index contributed by atoms with van der Waals surface area (Å²) < 4.78 is 19.7. The fourth-order valence-corrected chi connectivity index (χ4v) is 2.19. The highest BCUT2D eigenvalue weighted by Crippen LogP contribution is 2.16. The number of aromatic nitrogens is 3. The van der Waals surface area contributed by atoms with E-state index in [0.717, 1.165) is 11.1 Å². The van der Waals surface area contributed by atoms with Crippen molar-refractivity contribution in [2.24, 2.45) is 0 Å². The maximum atomic E-state index is 13.3. The summed E-state index contributed by atoms with van der Waals surface area (Å²) >= 11 is 5.88. The molecule has 0 saturated carbocycles. The predicted molar refractivity (Wildman–Crippen MR) is 75.8 cm³/mol. The lowest BCUT2D eigenvalue weighted by Crippen LogP contribution is -2.11. The molecule has 112 valence electrons. The summed E-state index contributed by atoms with van der Waals surface area (Å²) in [7, 11) is 0. The van der Waals surface area contributed by atoms with Gasteiger partial charge in [-0.3, -0.25) is 0 Å². The number of aryl methyl sites for hydroxylation is 1. The maximum absolute atomic E-state index is 13.3. The predicted octanol–water partition coefficient (Wildman–Crippen LogP) is 2.69. The van der Waals surface area contributed by atoms with Crippen LogP contribution in [0.15, 0.2) is 18.2 Å². The van der Waals surface area contributed by atoms with Gasteiger partial charge in [-0.1, -0.05) is 11.3 Å². The number of halogens is 2. The number of hydrogen-bond donors (Lipinski definition) is 0. The van der Waals surface area contributed by atoms with Crippen molar-refractivity contribution in [1.29, 1.82) is 0 Å². The smallest absolute Gasteiger partial charge is 0.360 e. The molecule has 0 atom stereocenters. The monoisotopic (exact) mass is 311 g/mol. The third kappa shape index (κ3) is 3.39. The standard InChI is InChI=1S/C14H15ClFN3O2/c1-3-21-14(20)13-12(7-15)19(18-17-13)8-10-6-11(16)5-4-9(10)2/h4-6H,3,7-8H2,1-2H3. The molecule has 5 nitrogen and oxygen atoms in total. The first-order valence-corrected chi connectivity index (χ1v) is 7.00. The van der Waals surface area contributed by atoms with Gasteiger partial charge in [-0.15, -0.1) is 16.7 Å². The van der Waals surface area contributed by atoms with E-state index in [2.05, 4.69) is 10.3 Å². The van der Waals surface area contributed by atoms with E-state index in [1.54, 1.807) is 13.0 Å². The number of nitrogens with zero attached hydrogens (tertiary/aromatic N) is 3. The molecule has 21 heavy (non-hydrogen) atoms. The van der Waals surface area contributed by atoms with E-state index in [1.165, 1.54) is 16.8 Å². The maximum Gasteiger partial charge on any atom is 0.360 e. The topological polar surface area (TPSA) is 57.0 Å². The first-order valence-electron chi connectivity index (χ1n) is 6.47. The van der Waals surface area contributed by atoms with Crippen LogP contribution in [0.25, 0.3) is 0 Å². The minimum Gasteiger partial charge on any atom is -0.461 e. The zero-order chi connectivity index (χ0) is 15.4. The van der Waals surface area contributed by atoms with E-state index in [9.17, 15) is 9.18 Å². The number of esters is 1. The summed E-state index contributed by atoms with van der Waals surface area (Å²) in [6.45, 7) is 4.12. The molecule has 0 amide bonds. The average molecular weight is 312 g/mol. The third-order valence-electron chi connectivity index (χ3n) is 3.06. The van der Waals surface area contributed by atoms with Crippen LogP contribution >= 0.6 is 11.6 Å². The molecule has 0 aliphatic carbocycles. The molecule has 0 unspecified atom stereocenters. The fourth-order valence-electron chi connectivity index (χ4n) is 1.92. The van der Waals surface area contributed by atoms with Gasteiger partial charge in [0.25, 0.3) is 0 Å². The molecule has 0 aliphatic heterocycles. The van der Waals surface area contributed by atoms with Crippen LogP contribution in [0.1, 0.15) is 34.2 Å². The molecule has 0 fully saturated rings. The van der Waals surface area contributed by atoms with Crippen LogP contribution < -0.4 is 0 Å². The van der Waals surface area contributed by atoms with Crippen molar-refractivity contribution >= 4 is 17.6 Å². The molecular formula is C14H15ClFN3O2. The highest BCUT2D eigenvalue weighted by Gasteiger charge is 2.20. The quantitative estimate of drug-likeness (QED) is 0.629. The number of hydrogen-bond acceptors (Lipinski definition) is 4. The van der Waals surface area contributed by atoms with Gasteiger partial charge in [0.2, 0.25) is 0 Å². The van der Waals surface area contributed by atoms with Gasteiger partial charge in [-0.2, -0.15) is 0 Å². The van der Waals surface area contributed by atoms with E-state index < -0.39 is 5.97 Å². The highest BCUT2D eigenvalue weighted by atomic mass is 35.5. The van der Waals surface area contributed by atoms with Crippen LogP contribution in [0.3, 0.4) is 0 Å². The highest BCUT2D eigenvalue weighted by molar-refractivity contribution is 6.17. The summed E-state index contributed by atoms with van der Waals surface area (Å²) in [6.07, 6.45) is 0. The summed E-state index contributed by atoms with van der Waals surface area (Å²) in [6, 6.07) is 4.51. The Balaban J connectivity index is 2.32. The lowest BCUT2D eigenvalue weighted by molar-refractivity contribution is 0.0518. The van der Waals surface area contributed by atoms with Crippen molar-refractivity contribution in [1.82, 2.24) is 15.0 Å². The number of rotatable bonds is 5. The van der Waals surface area contributed by atoms with Gasteiger partial charge in [-0.05, 0) is 37.1 Å². The molecule has 0 aliphatic rings. The number of carbonyl (C=O) groups excluding carboxylic acids is 1. The van der Waals surface area contributed by atoms with E-state index in [4.69, 9.17) is 16.3 Å². The Bertz CT molecular complexity index is 658. The molecule has 1 aromatic heterocycles. The summed E-state index contributed by atoms with van der Waals surface area (Å²) in [5, 5.41) is 7.73. The van der Waals surface area contributed by atoms with Gasteiger partial charge in [0.15, 0.2) is 5.69 Å². The third-order valence-corrected chi connectivity index (χ3v) is 3.32. The Morgan fingerprint density at radius 3 is 2.90 bits per heavy atom. The zero-order valence-corrected chi connectivity index (χ0v) is 12.5. The van der Waals surface area contributed by atoms with Crippen LogP contribution in [0.4, 0.5) is 4.39 Å². The largest absolute Gasteiger partial charge is 0.461 e. The van der Waals surface area contributed by atoms with Gasteiger partial charge in [0, 0.05) is 0 Å². The molecule has 0 radical (unpaired) electrons. The lowest BCUT2D eigenvalue weighted by atomic mass is 10.1. The average Bonchev–Trinajstić information content (AvgIpc) is 2.86. The molecule has 0 bridgehead atoms. The van der Waals surface area contributed by atoms with E-state index >= 15 is 0 Å². The van der Waals surface area contributed by atoms with Crippen LogP contribution in [-0.4, -0.2) is 27.6 Å². The number of alkyl halides is 1. The van der Waals surface area contributed by atoms with Crippen molar-refractivity contribution in [2.75, 3.05) is 6.61 Å². The zero-order valence-electron chi connectivity index (χ0n) is 11.8. The second-order valence-corrected chi connectivity index (χ2v) is 4.73. The summed E-state index contributed by atoms with van der Waals surface area (Å²) in [5.41, 5.74) is 2.23. The van der Waals surface area contributed by atoms with Crippen molar-refractivity contribution in [3.8, 4) is 0 Å². The molecule has 2 rings (SSSR count). The summed E-state index contributed by atoms with van der Waals surface area (Å²) in [4.78, 5) is 11.8. The fraction of sp³-hybridized carbons (Fsp3) is 0.357. The van der Waals surface area contributed by atoms with Gasteiger partial charge in [0.1, 0.15) is 5.82 Å². The Kier molecular flexibility index (Phi) is 4.90. The van der Waals surface area contributed by atoms with Crippen molar-refractivity contribution in [3.05, 3.63) is 46.5 Å². The van der Waals surface area contributed by atoms with Crippen LogP contribution in [0.2, 0.25) is 0 Å². The molecule has 7 heteroatoms. The first kappa shape index (κ1) is 15.4. The van der Waals surface area contributed by atoms with Gasteiger partial charge in [0.05, 0.1) is 24.7 Å². The van der Waals surface area contributed by atoms with Gasteiger partial charge >= 0.3 is 5.97 Å². The second kappa shape index (κ2) is 6.67. The lowest BCUT2D eigenvalue weighted by Gasteiger charge is -2.08. The van der Waals surface area contributed by atoms with Crippen molar-refractivity contribution in [3.63, 3.8) is 0 Å². The molecular weight excluding hydrogens is 297 g/mol. The summed E-state index contributed by atoms with van der Waals surface area (Å²) in [5.74, 6) is -0.820. The van der Waals surface area contributed by atoms with Gasteiger partial charge in [-0.25, -0.2) is 13.9 Å². The van der Waals surface area contributed by atoms with E-state index in [-0.39, 0.29) is 30.5 Å². The molecule has 0 N–H and O–H groups in total. The Hall–Kier alpha value is -1.95. The Morgan fingerprint density at radius 1 is 1.48 bits per heavy atom. The SMILES string of the molecule is CCOC(=O)c1nnn(Cc2cc(F)ccc2C)c1CCl. The normalized spacial score (nSPS) is 10.7. The minimum atomic E-state index is -0.560. The molecule has 0 saturated heterocycles. The molecule has 1 aromatic carbocycles. The molecule has 0 spiro atoms. The Morgan fingerprint density at radius 2 is 2.24 bits per heavy atom. The van der Waals surface area contributed by atoms with Crippen LogP contribution in [0, 0.1) is 12.7 Å². The van der Waals surface area contributed by atoms with E-state index in [0.29, 0.717) is 5.69 Å². The Labute approximate surface area is 126 Å². The molecule has 2 aromatic rings. The minimum absolute atomic E-state index is 0.0650. The number of benzene rings is 1. The van der Waals surface area contributed by atoms with E-state index in [1.807, 2.05) is 6.92 Å².